The lowest BCUT2D eigenvalue weighted by Crippen LogP contribution is -2.18. The van der Waals surface area contributed by atoms with Crippen molar-refractivity contribution in [3.63, 3.8) is 0 Å². The molecule has 0 aliphatic heterocycles. The highest BCUT2D eigenvalue weighted by Gasteiger charge is 2.11. The lowest BCUT2D eigenvalue weighted by molar-refractivity contribution is 0.470. The molecule has 0 fully saturated rings. The summed E-state index contributed by atoms with van der Waals surface area (Å²) in [6, 6.07) is 7.51. The first kappa shape index (κ1) is 20.3. The third kappa shape index (κ3) is 10.6. The van der Waals surface area contributed by atoms with Crippen molar-refractivity contribution in [2.75, 3.05) is 0 Å². The van der Waals surface area contributed by atoms with E-state index in [9.17, 15) is 5.11 Å². The number of aromatic hydroxyl groups is 1. The zero-order valence-corrected chi connectivity index (χ0v) is 17.0. The van der Waals surface area contributed by atoms with Crippen molar-refractivity contribution < 1.29 is 5.11 Å². The minimum absolute atomic E-state index is 0.415. The summed E-state index contributed by atoms with van der Waals surface area (Å²) in [6.07, 6.45) is 13.8. The maximum absolute atomic E-state index is 9.53. The first-order valence-corrected chi connectivity index (χ1v) is 13.4. The smallest absolute Gasteiger partial charge is 0.118 e. The quantitative estimate of drug-likeness (QED) is 0.319. The van der Waals surface area contributed by atoms with Gasteiger partial charge in [0.15, 0.2) is 0 Å². The fraction of sp³-hybridized carbons (Fsp3) is 0.714. The van der Waals surface area contributed by atoms with E-state index >= 15 is 0 Å². The topological polar surface area (TPSA) is 20.2 Å². The van der Waals surface area contributed by atoms with Crippen molar-refractivity contribution >= 4 is 8.07 Å². The van der Waals surface area contributed by atoms with Crippen LogP contribution in [-0.4, -0.2) is 13.2 Å². The largest absolute Gasteiger partial charge is 0.508 e. The summed E-state index contributed by atoms with van der Waals surface area (Å²) in [5, 5.41) is 9.53. The van der Waals surface area contributed by atoms with Gasteiger partial charge in [0.25, 0.3) is 0 Å². The number of hydrogen-bond donors (Lipinski definition) is 1. The van der Waals surface area contributed by atoms with E-state index in [1.807, 2.05) is 13.0 Å². The van der Waals surface area contributed by atoms with Gasteiger partial charge in [-0.25, -0.2) is 0 Å². The molecule has 0 aromatic heterocycles. The van der Waals surface area contributed by atoms with E-state index in [2.05, 4.69) is 31.8 Å². The van der Waals surface area contributed by atoms with Crippen LogP contribution < -0.4 is 0 Å². The van der Waals surface area contributed by atoms with E-state index in [-0.39, 0.29) is 0 Å². The average Bonchev–Trinajstić information content (AvgIpc) is 2.47. The van der Waals surface area contributed by atoms with Crippen LogP contribution in [0.3, 0.4) is 0 Å². The molecule has 1 N–H and O–H groups in total. The van der Waals surface area contributed by atoms with E-state index in [0.717, 1.165) is 12.0 Å². The molecule has 1 rings (SSSR count). The molecule has 0 aliphatic rings. The molecule has 132 valence electrons. The Morgan fingerprint density at radius 1 is 0.783 bits per heavy atom. The zero-order valence-electron chi connectivity index (χ0n) is 16.0. The van der Waals surface area contributed by atoms with Gasteiger partial charge in [-0.05, 0) is 37.0 Å². The predicted molar refractivity (Wildman–Crippen MR) is 106 cm³/mol. The Hall–Kier alpha value is -0.763. The van der Waals surface area contributed by atoms with Crippen molar-refractivity contribution in [3.8, 4) is 5.75 Å². The molecule has 0 spiro atoms. The van der Waals surface area contributed by atoms with Crippen molar-refractivity contribution in [2.45, 2.75) is 96.8 Å². The molecule has 0 saturated heterocycles. The Bertz CT molecular complexity index is 434. The number of phenolic OH excluding ortho intramolecular Hbond substituents is 1. The highest BCUT2D eigenvalue weighted by Crippen LogP contribution is 2.19. The van der Waals surface area contributed by atoms with Crippen molar-refractivity contribution in [3.05, 3.63) is 29.3 Å². The van der Waals surface area contributed by atoms with Crippen LogP contribution in [0.15, 0.2) is 18.2 Å². The average molecular weight is 335 g/mol. The normalized spacial score (nSPS) is 11.8. The Morgan fingerprint density at radius 2 is 1.30 bits per heavy atom. The second kappa shape index (κ2) is 10.9. The highest BCUT2D eigenvalue weighted by molar-refractivity contribution is 6.76. The van der Waals surface area contributed by atoms with Crippen molar-refractivity contribution in [1.29, 1.82) is 0 Å². The van der Waals surface area contributed by atoms with E-state index in [4.69, 9.17) is 0 Å². The summed E-state index contributed by atoms with van der Waals surface area (Å²) in [5.74, 6) is 0.415. The fourth-order valence-electron chi connectivity index (χ4n) is 3.09. The molecule has 0 aliphatic carbocycles. The van der Waals surface area contributed by atoms with Crippen LogP contribution in [0.4, 0.5) is 0 Å². The Balaban J connectivity index is 1.91. The van der Waals surface area contributed by atoms with Crippen molar-refractivity contribution in [2.24, 2.45) is 0 Å². The van der Waals surface area contributed by atoms with Gasteiger partial charge in [0, 0.05) is 8.07 Å². The van der Waals surface area contributed by atoms with Crippen LogP contribution >= 0.6 is 0 Å². The van der Waals surface area contributed by atoms with Gasteiger partial charge in [0.05, 0.1) is 0 Å². The molecule has 0 bridgehead atoms. The minimum atomic E-state index is -0.796. The van der Waals surface area contributed by atoms with E-state index in [1.54, 1.807) is 0 Å². The fourth-order valence-corrected chi connectivity index (χ4v) is 4.41. The highest BCUT2D eigenvalue weighted by atomic mass is 28.3. The number of hydrogen-bond acceptors (Lipinski definition) is 1. The van der Waals surface area contributed by atoms with Gasteiger partial charge in [0.2, 0.25) is 0 Å². The van der Waals surface area contributed by atoms with E-state index in [0.29, 0.717) is 5.75 Å². The number of rotatable bonds is 12. The van der Waals surface area contributed by atoms with Gasteiger partial charge in [-0.1, -0.05) is 89.2 Å². The van der Waals surface area contributed by atoms with Gasteiger partial charge < -0.3 is 5.11 Å². The van der Waals surface area contributed by atoms with Crippen molar-refractivity contribution in [1.82, 2.24) is 0 Å². The van der Waals surface area contributed by atoms with E-state index in [1.165, 1.54) is 69.4 Å². The number of benzene rings is 1. The van der Waals surface area contributed by atoms with Gasteiger partial charge >= 0.3 is 0 Å². The van der Waals surface area contributed by atoms with Crippen LogP contribution in [0.1, 0.15) is 68.9 Å². The lowest BCUT2D eigenvalue weighted by atomic mass is 10.0. The van der Waals surface area contributed by atoms with Crippen LogP contribution in [0, 0.1) is 6.92 Å². The monoisotopic (exact) mass is 334 g/mol. The molecule has 0 amide bonds. The van der Waals surface area contributed by atoms with Gasteiger partial charge in [0.1, 0.15) is 5.75 Å². The molecule has 0 saturated carbocycles. The Labute approximate surface area is 145 Å². The third-order valence-corrected chi connectivity index (χ3v) is 6.51. The second-order valence-electron chi connectivity index (χ2n) is 8.36. The second-order valence-corrected chi connectivity index (χ2v) is 14.0. The minimum Gasteiger partial charge on any atom is -0.508 e. The maximum Gasteiger partial charge on any atom is 0.118 e. The standard InChI is InChI=1S/C21H38OSi/c1-19-18-20(15-16-21(19)22)14-12-10-8-6-5-7-9-11-13-17-23(2,3)4/h15-16,18,22H,5-14,17H2,1-4H3. The molecule has 2 heteroatoms. The maximum atomic E-state index is 9.53. The Kier molecular flexibility index (Phi) is 9.62. The van der Waals surface area contributed by atoms with Gasteiger partial charge in [-0.2, -0.15) is 0 Å². The van der Waals surface area contributed by atoms with Gasteiger partial charge in [-0.15, -0.1) is 0 Å². The molecule has 1 aromatic carbocycles. The zero-order chi connectivity index (χ0) is 17.1. The summed E-state index contributed by atoms with van der Waals surface area (Å²) in [5.41, 5.74) is 2.36. The van der Waals surface area contributed by atoms with Crippen LogP contribution in [0.2, 0.25) is 25.7 Å². The molecule has 1 aromatic rings. The first-order valence-electron chi connectivity index (χ1n) is 9.67. The van der Waals surface area contributed by atoms with E-state index < -0.39 is 8.07 Å². The first-order chi connectivity index (χ1) is 10.9. The SMILES string of the molecule is Cc1cc(CCCCCCCCCCC[Si](C)(C)C)ccc1O. The van der Waals surface area contributed by atoms with Crippen LogP contribution in [-0.2, 0) is 6.42 Å². The molecule has 1 nitrogen and oxygen atoms in total. The summed E-state index contributed by atoms with van der Waals surface area (Å²) in [6.45, 7) is 9.41. The summed E-state index contributed by atoms with van der Waals surface area (Å²) in [7, 11) is -0.796. The number of unbranched alkanes of at least 4 members (excludes halogenated alkanes) is 8. The Morgan fingerprint density at radius 3 is 1.83 bits per heavy atom. The molecule has 0 atom stereocenters. The molecule has 0 heterocycles. The predicted octanol–water partition coefficient (Wildman–Crippen LogP) is 7.09. The van der Waals surface area contributed by atoms with Gasteiger partial charge in [-0.3, -0.25) is 0 Å². The molecular weight excluding hydrogens is 296 g/mol. The molecule has 0 unspecified atom stereocenters. The molecule has 0 radical (unpaired) electrons. The number of aryl methyl sites for hydroxylation is 2. The summed E-state index contributed by atoms with van der Waals surface area (Å²) in [4.78, 5) is 0. The molecular formula is C21H38OSi. The lowest BCUT2D eigenvalue weighted by Gasteiger charge is -2.14. The summed E-state index contributed by atoms with van der Waals surface area (Å²) >= 11 is 0. The van der Waals surface area contributed by atoms with Crippen LogP contribution in [0.25, 0.3) is 0 Å². The molecule has 23 heavy (non-hydrogen) atoms. The summed E-state index contributed by atoms with van der Waals surface area (Å²) < 4.78 is 0. The number of phenols is 1. The third-order valence-electron chi connectivity index (χ3n) is 4.65. The van der Waals surface area contributed by atoms with Crippen LogP contribution in [0.5, 0.6) is 5.75 Å².